The number of carboxylic acid groups (broad SMARTS) is 1. The van der Waals surface area contributed by atoms with Gasteiger partial charge in [0.1, 0.15) is 0 Å². The fraction of sp³-hybridized carbons (Fsp3) is 0.333. The van der Waals surface area contributed by atoms with Gasteiger partial charge in [0.25, 0.3) is 0 Å². The number of pyridine rings is 1. The molecule has 1 unspecified atom stereocenters. The number of aliphatic carboxylic acids is 1. The Balaban J connectivity index is 2.60. The molecule has 0 aliphatic carbocycles. The van der Waals surface area contributed by atoms with E-state index in [4.69, 9.17) is 5.11 Å². The molecule has 0 saturated carbocycles. The molecule has 0 fully saturated rings. The molecule has 0 radical (unpaired) electrons. The highest BCUT2D eigenvalue weighted by Crippen LogP contribution is 2.23. The van der Waals surface area contributed by atoms with Crippen LogP contribution in [0.4, 0.5) is 0 Å². The minimum Gasteiger partial charge on any atom is -0.481 e. The fourth-order valence-electron chi connectivity index (χ4n) is 2.04. The summed E-state index contributed by atoms with van der Waals surface area (Å²) in [5.41, 5.74) is 3.84. The van der Waals surface area contributed by atoms with Crippen LogP contribution in [-0.4, -0.2) is 16.1 Å². The lowest BCUT2D eigenvalue weighted by Gasteiger charge is -2.10. The predicted octanol–water partition coefficient (Wildman–Crippen LogP) is 3.29. The molecule has 94 valence electrons. The number of aryl methyl sites for hydroxylation is 2. The largest absolute Gasteiger partial charge is 0.481 e. The molecular formula is C15H17NO2. The van der Waals surface area contributed by atoms with E-state index in [9.17, 15) is 4.79 Å². The average Bonchev–Trinajstić information content (AvgIpc) is 2.37. The number of carboxylic acids is 1. The summed E-state index contributed by atoms with van der Waals surface area (Å²) in [7, 11) is 0. The molecule has 1 aromatic carbocycles. The number of hydrogen-bond acceptors (Lipinski definition) is 2. The third kappa shape index (κ3) is 2.21. The molecule has 0 spiro atoms. The van der Waals surface area contributed by atoms with Gasteiger partial charge in [0, 0.05) is 5.39 Å². The first-order valence-electron chi connectivity index (χ1n) is 6.16. The highest BCUT2D eigenvalue weighted by atomic mass is 16.4. The van der Waals surface area contributed by atoms with E-state index in [1.807, 2.05) is 25.1 Å². The standard InChI is InChI=1S/C15H17NO2/c1-4-11-5-6-13-12(8-11)9(2)7-14(16-13)10(3)15(17)18/h5-8,10H,4H2,1-3H3,(H,17,18). The van der Waals surface area contributed by atoms with E-state index in [0.29, 0.717) is 5.69 Å². The normalized spacial score (nSPS) is 12.6. The van der Waals surface area contributed by atoms with E-state index < -0.39 is 11.9 Å². The van der Waals surface area contributed by atoms with Gasteiger partial charge in [-0.25, -0.2) is 0 Å². The summed E-state index contributed by atoms with van der Waals surface area (Å²) in [6.45, 7) is 5.78. The quantitative estimate of drug-likeness (QED) is 0.899. The zero-order valence-corrected chi connectivity index (χ0v) is 10.9. The third-order valence-corrected chi connectivity index (χ3v) is 3.32. The second-order valence-electron chi connectivity index (χ2n) is 4.63. The maximum atomic E-state index is 11.0. The number of rotatable bonds is 3. The van der Waals surface area contributed by atoms with Gasteiger partial charge < -0.3 is 5.11 Å². The van der Waals surface area contributed by atoms with Crippen molar-refractivity contribution in [3.8, 4) is 0 Å². The van der Waals surface area contributed by atoms with Crippen molar-refractivity contribution >= 4 is 16.9 Å². The van der Waals surface area contributed by atoms with Gasteiger partial charge in [-0.1, -0.05) is 13.0 Å². The first-order valence-corrected chi connectivity index (χ1v) is 6.16. The molecule has 0 aliphatic rings. The van der Waals surface area contributed by atoms with Gasteiger partial charge in [-0.2, -0.15) is 0 Å². The predicted molar refractivity (Wildman–Crippen MR) is 71.9 cm³/mol. The van der Waals surface area contributed by atoms with Crippen LogP contribution in [0, 0.1) is 6.92 Å². The highest BCUT2D eigenvalue weighted by Gasteiger charge is 2.16. The Hall–Kier alpha value is -1.90. The third-order valence-electron chi connectivity index (χ3n) is 3.32. The number of hydrogen-bond donors (Lipinski definition) is 1. The summed E-state index contributed by atoms with van der Waals surface area (Å²) in [5.74, 6) is -1.41. The maximum absolute atomic E-state index is 11.0. The second-order valence-corrected chi connectivity index (χ2v) is 4.63. The monoisotopic (exact) mass is 243 g/mol. The number of aromatic nitrogens is 1. The molecule has 2 aromatic rings. The smallest absolute Gasteiger partial charge is 0.312 e. The molecule has 0 aliphatic heterocycles. The molecule has 0 bridgehead atoms. The molecule has 0 amide bonds. The molecule has 1 aromatic heterocycles. The van der Waals surface area contributed by atoms with Crippen molar-refractivity contribution in [2.24, 2.45) is 0 Å². The summed E-state index contributed by atoms with van der Waals surface area (Å²) in [4.78, 5) is 15.5. The zero-order valence-electron chi connectivity index (χ0n) is 10.9. The Kier molecular flexibility index (Phi) is 3.32. The summed E-state index contributed by atoms with van der Waals surface area (Å²) in [6, 6.07) is 8.02. The first kappa shape index (κ1) is 12.6. The van der Waals surface area contributed by atoms with Crippen molar-refractivity contribution in [3.63, 3.8) is 0 Å². The number of fused-ring (bicyclic) bond motifs is 1. The minimum atomic E-state index is -0.841. The Morgan fingerprint density at radius 1 is 1.39 bits per heavy atom. The van der Waals surface area contributed by atoms with Crippen LogP contribution in [0.25, 0.3) is 10.9 Å². The van der Waals surface area contributed by atoms with E-state index in [1.54, 1.807) is 6.92 Å². The molecule has 1 atom stereocenters. The summed E-state index contributed by atoms with van der Waals surface area (Å²) >= 11 is 0. The van der Waals surface area contributed by atoms with Gasteiger partial charge in [0.15, 0.2) is 0 Å². The SMILES string of the molecule is CCc1ccc2nc(C(C)C(=O)O)cc(C)c2c1. The Morgan fingerprint density at radius 3 is 2.72 bits per heavy atom. The van der Waals surface area contributed by atoms with Crippen LogP contribution in [-0.2, 0) is 11.2 Å². The number of benzene rings is 1. The van der Waals surface area contributed by atoms with Crippen molar-refractivity contribution in [2.45, 2.75) is 33.1 Å². The Labute approximate surface area is 106 Å². The topological polar surface area (TPSA) is 50.2 Å². The van der Waals surface area contributed by atoms with Gasteiger partial charge in [-0.3, -0.25) is 9.78 Å². The second kappa shape index (κ2) is 4.77. The molecule has 3 heteroatoms. The van der Waals surface area contributed by atoms with Gasteiger partial charge >= 0.3 is 5.97 Å². The van der Waals surface area contributed by atoms with Crippen LogP contribution in [0.1, 0.15) is 36.6 Å². The van der Waals surface area contributed by atoms with E-state index in [0.717, 1.165) is 22.9 Å². The Morgan fingerprint density at radius 2 is 2.11 bits per heavy atom. The van der Waals surface area contributed by atoms with Gasteiger partial charge in [0.2, 0.25) is 0 Å². The van der Waals surface area contributed by atoms with E-state index in [1.165, 1.54) is 5.56 Å². The van der Waals surface area contributed by atoms with Crippen molar-refractivity contribution in [1.82, 2.24) is 4.98 Å². The van der Waals surface area contributed by atoms with Crippen LogP contribution >= 0.6 is 0 Å². The lowest BCUT2D eigenvalue weighted by molar-refractivity contribution is -0.138. The molecule has 2 rings (SSSR count). The molecule has 1 heterocycles. The lowest BCUT2D eigenvalue weighted by Crippen LogP contribution is -2.09. The van der Waals surface area contributed by atoms with Crippen LogP contribution in [0.3, 0.4) is 0 Å². The molecule has 1 N–H and O–H groups in total. The van der Waals surface area contributed by atoms with E-state index >= 15 is 0 Å². The minimum absolute atomic E-state index is 0.570. The molecule has 3 nitrogen and oxygen atoms in total. The fourth-order valence-corrected chi connectivity index (χ4v) is 2.04. The molecular weight excluding hydrogens is 226 g/mol. The van der Waals surface area contributed by atoms with Crippen molar-refractivity contribution in [1.29, 1.82) is 0 Å². The van der Waals surface area contributed by atoms with Crippen molar-refractivity contribution in [3.05, 3.63) is 41.1 Å². The van der Waals surface area contributed by atoms with Crippen LogP contribution in [0.15, 0.2) is 24.3 Å². The zero-order chi connectivity index (χ0) is 13.3. The van der Waals surface area contributed by atoms with Crippen molar-refractivity contribution < 1.29 is 9.90 Å². The van der Waals surface area contributed by atoms with Gasteiger partial charge in [0.05, 0.1) is 17.1 Å². The Bertz CT molecular complexity index is 605. The average molecular weight is 243 g/mol. The lowest BCUT2D eigenvalue weighted by atomic mass is 10.0. The number of carbonyl (C=O) groups is 1. The summed E-state index contributed by atoms with van der Waals surface area (Å²) in [5, 5.41) is 10.1. The van der Waals surface area contributed by atoms with Crippen LogP contribution in [0.2, 0.25) is 0 Å². The van der Waals surface area contributed by atoms with Gasteiger partial charge in [-0.15, -0.1) is 0 Å². The number of nitrogens with zero attached hydrogens (tertiary/aromatic N) is 1. The summed E-state index contributed by atoms with van der Waals surface area (Å²) < 4.78 is 0. The first-order chi connectivity index (χ1) is 8.52. The summed E-state index contributed by atoms with van der Waals surface area (Å²) in [6.07, 6.45) is 0.989. The van der Waals surface area contributed by atoms with E-state index in [2.05, 4.69) is 18.0 Å². The van der Waals surface area contributed by atoms with Crippen molar-refractivity contribution in [2.75, 3.05) is 0 Å². The highest BCUT2D eigenvalue weighted by molar-refractivity contribution is 5.84. The maximum Gasteiger partial charge on any atom is 0.312 e. The van der Waals surface area contributed by atoms with Crippen LogP contribution < -0.4 is 0 Å². The van der Waals surface area contributed by atoms with Gasteiger partial charge in [-0.05, 0) is 49.6 Å². The van der Waals surface area contributed by atoms with E-state index in [-0.39, 0.29) is 0 Å². The molecule has 0 saturated heterocycles. The molecule has 18 heavy (non-hydrogen) atoms. The van der Waals surface area contributed by atoms with Crippen LogP contribution in [0.5, 0.6) is 0 Å².